The number of halogens is 1. The molecule has 2 aromatic heterocycles. The molecule has 0 bridgehead atoms. The van der Waals surface area contributed by atoms with Crippen molar-refractivity contribution >= 4 is 11.6 Å². The molecule has 0 saturated carbocycles. The van der Waals surface area contributed by atoms with Crippen molar-refractivity contribution in [2.24, 2.45) is 0 Å². The van der Waals surface area contributed by atoms with E-state index in [1.165, 1.54) is 12.1 Å². The van der Waals surface area contributed by atoms with E-state index in [0.29, 0.717) is 11.7 Å². The highest BCUT2D eigenvalue weighted by Crippen LogP contribution is 2.27. The van der Waals surface area contributed by atoms with E-state index in [2.05, 4.69) is 20.4 Å². The van der Waals surface area contributed by atoms with Crippen LogP contribution in [0.1, 0.15) is 5.69 Å². The molecule has 0 radical (unpaired) electrons. The van der Waals surface area contributed by atoms with Gasteiger partial charge in [0.2, 0.25) is 5.95 Å². The molecule has 140 valence electrons. The number of ether oxygens (including phenoxy) is 1. The van der Waals surface area contributed by atoms with Crippen LogP contribution < -0.4 is 10.1 Å². The van der Waals surface area contributed by atoms with Crippen LogP contribution in [0.15, 0.2) is 67.0 Å². The van der Waals surface area contributed by atoms with Crippen LogP contribution in [0.3, 0.4) is 0 Å². The summed E-state index contributed by atoms with van der Waals surface area (Å²) in [7, 11) is 1.62. The molecule has 7 heteroatoms. The highest BCUT2D eigenvalue weighted by atomic mass is 19.1. The Hall–Kier alpha value is -3.74. The largest absolute Gasteiger partial charge is 0.495 e. The lowest BCUT2D eigenvalue weighted by atomic mass is 10.2. The first-order valence-electron chi connectivity index (χ1n) is 8.70. The molecular formula is C21H18FN5O. The predicted molar refractivity (Wildman–Crippen MR) is 106 cm³/mol. The number of rotatable bonds is 5. The van der Waals surface area contributed by atoms with Crippen molar-refractivity contribution in [1.29, 1.82) is 0 Å². The Balaban J connectivity index is 1.65. The van der Waals surface area contributed by atoms with Gasteiger partial charge in [-0.2, -0.15) is 5.10 Å². The Morgan fingerprint density at radius 1 is 1.04 bits per heavy atom. The average molecular weight is 375 g/mol. The topological polar surface area (TPSA) is 64.9 Å². The van der Waals surface area contributed by atoms with Gasteiger partial charge in [0.1, 0.15) is 11.6 Å². The lowest BCUT2D eigenvalue weighted by Crippen LogP contribution is -1.99. The third kappa shape index (κ3) is 3.55. The fraction of sp³-hybridized carbons (Fsp3) is 0.0952. The maximum atomic E-state index is 13.2. The van der Waals surface area contributed by atoms with Gasteiger partial charge in [0.05, 0.1) is 29.9 Å². The summed E-state index contributed by atoms with van der Waals surface area (Å²) in [6.45, 7) is 1.91. The Kier molecular flexibility index (Phi) is 4.72. The Morgan fingerprint density at radius 3 is 2.61 bits per heavy atom. The monoisotopic (exact) mass is 375 g/mol. The smallest absolute Gasteiger partial charge is 0.227 e. The second kappa shape index (κ2) is 7.48. The van der Waals surface area contributed by atoms with Crippen LogP contribution >= 0.6 is 0 Å². The molecule has 0 saturated heterocycles. The van der Waals surface area contributed by atoms with Gasteiger partial charge in [0.15, 0.2) is 0 Å². The summed E-state index contributed by atoms with van der Waals surface area (Å²) in [5.41, 5.74) is 3.97. The minimum Gasteiger partial charge on any atom is -0.495 e. The standard InChI is InChI=1S/C21H18FN5O/c1-14-17(13-27(26-14)16-9-7-15(22)8-10-16)18-11-12-23-21(24-18)25-19-5-3-4-6-20(19)28-2/h3-13H,1-2H3,(H,23,24,25). The molecule has 4 aromatic rings. The molecule has 0 unspecified atom stereocenters. The second-order valence-electron chi connectivity index (χ2n) is 6.14. The number of benzene rings is 2. The Morgan fingerprint density at radius 2 is 1.82 bits per heavy atom. The molecular weight excluding hydrogens is 357 g/mol. The number of aryl methyl sites for hydroxylation is 1. The maximum absolute atomic E-state index is 13.2. The summed E-state index contributed by atoms with van der Waals surface area (Å²) >= 11 is 0. The Bertz CT molecular complexity index is 1110. The SMILES string of the molecule is COc1ccccc1Nc1nccc(-c2cn(-c3ccc(F)cc3)nc2C)n1. The van der Waals surface area contributed by atoms with Crippen molar-refractivity contribution in [1.82, 2.24) is 19.7 Å². The number of nitrogens with zero attached hydrogens (tertiary/aromatic N) is 4. The minimum absolute atomic E-state index is 0.282. The van der Waals surface area contributed by atoms with E-state index in [9.17, 15) is 4.39 Å². The van der Waals surface area contributed by atoms with Gasteiger partial charge in [-0.15, -0.1) is 0 Å². The van der Waals surface area contributed by atoms with E-state index in [0.717, 1.165) is 28.3 Å². The fourth-order valence-electron chi connectivity index (χ4n) is 2.87. The molecule has 0 aliphatic carbocycles. The summed E-state index contributed by atoms with van der Waals surface area (Å²) in [5.74, 6) is 0.878. The van der Waals surface area contributed by atoms with E-state index in [4.69, 9.17) is 4.74 Å². The molecule has 0 spiro atoms. The number of hydrogen-bond donors (Lipinski definition) is 1. The zero-order valence-corrected chi connectivity index (χ0v) is 15.4. The van der Waals surface area contributed by atoms with Crippen LogP contribution in [0.5, 0.6) is 5.75 Å². The van der Waals surface area contributed by atoms with Gasteiger partial charge >= 0.3 is 0 Å². The molecule has 6 nitrogen and oxygen atoms in total. The first kappa shape index (κ1) is 17.7. The van der Waals surface area contributed by atoms with Crippen LogP contribution in [0.4, 0.5) is 16.0 Å². The fourth-order valence-corrected chi connectivity index (χ4v) is 2.87. The molecule has 0 fully saturated rings. The van der Waals surface area contributed by atoms with E-state index in [1.807, 2.05) is 43.5 Å². The predicted octanol–water partition coefficient (Wildman–Crippen LogP) is 4.53. The van der Waals surface area contributed by atoms with Gasteiger partial charge < -0.3 is 10.1 Å². The lowest BCUT2D eigenvalue weighted by Gasteiger charge is -2.10. The highest BCUT2D eigenvalue weighted by molar-refractivity contribution is 5.66. The molecule has 0 amide bonds. The van der Waals surface area contributed by atoms with Gasteiger partial charge in [-0.05, 0) is 49.4 Å². The van der Waals surface area contributed by atoms with Gasteiger partial charge in [-0.3, -0.25) is 0 Å². The molecule has 0 aliphatic rings. The van der Waals surface area contributed by atoms with E-state index in [1.54, 1.807) is 30.1 Å². The van der Waals surface area contributed by atoms with Gasteiger partial charge in [0.25, 0.3) is 0 Å². The number of hydrogen-bond acceptors (Lipinski definition) is 5. The average Bonchev–Trinajstić information content (AvgIpc) is 3.11. The molecule has 28 heavy (non-hydrogen) atoms. The van der Waals surface area contributed by atoms with Crippen molar-refractivity contribution in [3.63, 3.8) is 0 Å². The first-order chi connectivity index (χ1) is 13.6. The third-order valence-electron chi connectivity index (χ3n) is 4.28. The number of anilines is 2. The van der Waals surface area contributed by atoms with E-state index >= 15 is 0 Å². The molecule has 0 atom stereocenters. The van der Waals surface area contributed by atoms with Gasteiger partial charge in [0, 0.05) is 18.0 Å². The van der Waals surface area contributed by atoms with Crippen molar-refractivity contribution in [2.45, 2.75) is 6.92 Å². The molecule has 4 rings (SSSR count). The first-order valence-corrected chi connectivity index (χ1v) is 8.70. The van der Waals surface area contributed by atoms with Gasteiger partial charge in [-0.1, -0.05) is 12.1 Å². The van der Waals surface area contributed by atoms with Crippen LogP contribution in [0.2, 0.25) is 0 Å². The summed E-state index contributed by atoms with van der Waals surface area (Å²) < 4.78 is 20.2. The van der Waals surface area contributed by atoms with Crippen molar-refractivity contribution in [3.05, 3.63) is 78.5 Å². The summed E-state index contributed by atoms with van der Waals surface area (Å²) in [5, 5.41) is 7.70. The number of para-hydroxylation sites is 2. The second-order valence-corrected chi connectivity index (χ2v) is 6.14. The Labute approximate surface area is 161 Å². The number of methoxy groups -OCH3 is 1. The minimum atomic E-state index is -0.282. The maximum Gasteiger partial charge on any atom is 0.227 e. The normalized spacial score (nSPS) is 10.7. The van der Waals surface area contributed by atoms with Crippen LogP contribution in [-0.2, 0) is 0 Å². The van der Waals surface area contributed by atoms with Crippen molar-refractivity contribution in [3.8, 4) is 22.7 Å². The summed E-state index contributed by atoms with van der Waals surface area (Å²) in [6, 6.07) is 15.6. The lowest BCUT2D eigenvalue weighted by molar-refractivity contribution is 0.417. The molecule has 2 heterocycles. The zero-order chi connectivity index (χ0) is 19.5. The molecule has 2 aromatic carbocycles. The van der Waals surface area contributed by atoms with E-state index < -0.39 is 0 Å². The summed E-state index contributed by atoms with van der Waals surface area (Å²) in [4.78, 5) is 8.90. The highest BCUT2D eigenvalue weighted by Gasteiger charge is 2.12. The zero-order valence-electron chi connectivity index (χ0n) is 15.4. The number of nitrogens with one attached hydrogen (secondary N) is 1. The van der Waals surface area contributed by atoms with Crippen LogP contribution in [0, 0.1) is 12.7 Å². The molecule has 0 aliphatic heterocycles. The van der Waals surface area contributed by atoms with E-state index in [-0.39, 0.29) is 5.82 Å². The van der Waals surface area contributed by atoms with Gasteiger partial charge in [-0.25, -0.2) is 19.0 Å². The van der Waals surface area contributed by atoms with Crippen LogP contribution in [0.25, 0.3) is 16.9 Å². The number of aromatic nitrogens is 4. The third-order valence-corrected chi connectivity index (χ3v) is 4.28. The van der Waals surface area contributed by atoms with Crippen LogP contribution in [-0.4, -0.2) is 26.9 Å². The summed E-state index contributed by atoms with van der Waals surface area (Å²) in [6.07, 6.45) is 3.56. The quantitative estimate of drug-likeness (QED) is 0.555. The van der Waals surface area contributed by atoms with Crippen molar-refractivity contribution in [2.75, 3.05) is 12.4 Å². The molecule has 1 N–H and O–H groups in total. The van der Waals surface area contributed by atoms with Crippen molar-refractivity contribution < 1.29 is 9.13 Å².